The molecule has 6 unspecified atom stereocenters. The fourth-order valence-electron chi connectivity index (χ4n) is 5.61. The van der Waals surface area contributed by atoms with Crippen LogP contribution in [0.25, 0.3) is 0 Å². The second-order valence-corrected chi connectivity index (χ2v) is 9.90. The van der Waals surface area contributed by atoms with Gasteiger partial charge in [0.25, 0.3) is 0 Å². The summed E-state index contributed by atoms with van der Waals surface area (Å²) in [5.41, 5.74) is 12.2. The first kappa shape index (κ1) is 24.5. The van der Waals surface area contributed by atoms with Gasteiger partial charge in [0.15, 0.2) is 0 Å². The molecular weight excluding hydrogens is 422 g/mol. The Bertz CT molecular complexity index is 717. The molecule has 0 aromatic rings. The maximum Gasteiger partial charge on any atom is 0.229 e. The summed E-state index contributed by atoms with van der Waals surface area (Å²) in [5.74, 6) is -0.427. The molecule has 1 amide bonds. The number of rotatable bonds is 8. The van der Waals surface area contributed by atoms with Crippen molar-refractivity contribution in [1.82, 2.24) is 16.0 Å². The lowest BCUT2D eigenvalue weighted by atomic mass is 9.77. The summed E-state index contributed by atoms with van der Waals surface area (Å²) in [6.07, 6.45) is 7.65. The van der Waals surface area contributed by atoms with Crippen LogP contribution in [0.5, 0.6) is 0 Å². The molecule has 0 spiro atoms. The van der Waals surface area contributed by atoms with Crippen molar-refractivity contribution in [2.24, 2.45) is 34.2 Å². The highest BCUT2D eigenvalue weighted by molar-refractivity contribution is 5.81. The fourth-order valence-corrected chi connectivity index (χ4v) is 5.61. The Balaban J connectivity index is 1.44. The average Bonchev–Trinajstić information content (AvgIpc) is 2.79. The molecule has 4 aliphatic rings. The van der Waals surface area contributed by atoms with E-state index in [0.717, 1.165) is 25.8 Å². The predicted molar refractivity (Wildman–Crippen MR) is 124 cm³/mol. The molecule has 10 heteroatoms. The van der Waals surface area contributed by atoms with E-state index in [2.05, 4.69) is 27.0 Å². The van der Waals surface area contributed by atoms with E-state index in [9.17, 15) is 10.1 Å². The second-order valence-electron chi connectivity index (χ2n) is 9.90. The molecule has 4 rings (SSSR count). The van der Waals surface area contributed by atoms with Crippen LogP contribution in [0.3, 0.4) is 0 Å². The highest BCUT2D eigenvalue weighted by Crippen LogP contribution is 2.32. The van der Waals surface area contributed by atoms with Gasteiger partial charge in [-0.3, -0.25) is 15.1 Å². The van der Waals surface area contributed by atoms with Gasteiger partial charge >= 0.3 is 0 Å². The van der Waals surface area contributed by atoms with Crippen molar-refractivity contribution in [2.75, 3.05) is 26.3 Å². The minimum atomic E-state index is -0.866. The normalized spacial score (nSPS) is 34.4. The molecule has 10 nitrogen and oxygen atoms in total. The van der Waals surface area contributed by atoms with Crippen molar-refractivity contribution in [1.29, 1.82) is 5.26 Å². The van der Waals surface area contributed by atoms with E-state index in [-0.39, 0.29) is 36.1 Å². The van der Waals surface area contributed by atoms with E-state index >= 15 is 0 Å². The lowest BCUT2D eigenvalue weighted by molar-refractivity contribution is -0.165. The molecule has 7 N–H and O–H groups in total. The third-order valence-corrected chi connectivity index (χ3v) is 7.53. The summed E-state index contributed by atoms with van der Waals surface area (Å²) in [4.78, 5) is 18.0. The molecule has 184 valence electrons. The van der Waals surface area contributed by atoms with Crippen molar-refractivity contribution in [3.8, 4) is 6.07 Å². The maximum atomic E-state index is 13.4. The largest absolute Gasteiger partial charge is 0.376 e. The molecule has 3 aliphatic heterocycles. The number of carbonyl (C=O) groups excluding carboxylic acids is 1. The van der Waals surface area contributed by atoms with Crippen LogP contribution in [0.15, 0.2) is 4.99 Å². The molecule has 1 aliphatic carbocycles. The van der Waals surface area contributed by atoms with E-state index in [4.69, 9.17) is 20.9 Å². The third kappa shape index (κ3) is 6.10. The van der Waals surface area contributed by atoms with Crippen molar-refractivity contribution in [3.05, 3.63) is 0 Å². The zero-order valence-corrected chi connectivity index (χ0v) is 19.3. The first-order valence-electron chi connectivity index (χ1n) is 12.5. The summed E-state index contributed by atoms with van der Waals surface area (Å²) in [7, 11) is 0. The molecule has 3 fully saturated rings. The first-order valence-corrected chi connectivity index (χ1v) is 12.5. The zero-order chi connectivity index (χ0) is 23.2. The third-order valence-electron chi connectivity index (χ3n) is 7.53. The van der Waals surface area contributed by atoms with Crippen LogP contribution in [0.1, 0.15) is 44.9 Å². The minimum absolute atomic E-state index is 0.0390. The van der Waals surface area contributed by atoms with Crippen molar-refractivity contribution in [2.45, 2.75) is 81.6 Å². The number of carbonyl (C=O) groups is 1. The fraction of sp³-hybridized carbons (Fsp3) is 0.870. The molecule has 2 saturated heterocycles. The van der Waals surface area contributed by atoms with Gasteiger partial charge in [-0.15, -0.1) is 0 Å². The highest BCUT2D eigenvalue weighted by atomic mass is 16.6. The lowest BCUT2D eigenvalue weighted by Crippen LogP contribution is -2.64. The summed E-state index contributed by atoms with van der Waals surface area (Å²) in [5, 5.41) is 19.4. The molecule has 0 aromatic carbocycles. The van der Waals surface area contributed by atoms with Crippen molar-refractivity contribution >= 4 is 12.1 Å². The molecule has 3 heterocycles. The lowest BCUT2D eigenvalue weighted by Gasteiger charge is -2.42. The quantitative estimate of drug-likeness (QED) is 0.305. The number of nitrogens with zero attached hydrogens (tertiary/aromatic N) is 2. The van der Waals surface area contributed by atoms with Gasteiger partial charge in [-0.2, -0.15) is 5.26 Å². The predicted octanol–water partition coefficient (Wildman–Crippen LogP) is -0.413. The molecule has 6 atom stereocenters. The molecule has 0 bridgehead atoms. The van der Waals surface area contributed by atoms with Gasteiger partial charge in [-0.05, 0) is 31.7 Å². The zero-order valence-electron chi connectivity index (χ0n) is 19.3. The van der Waals surface area contributed by atoms with Gasteiger partial charge in [0.05, 0.1) is 37.6 Å². The summed E-state index contributed by atoms with van der Waals surface area (Å²) in [6, 6.07) is 2.23. The summed E-state index contributed by atoms with van der Waals surface area (Å²) < 4.78 is 11.4. The van der Waals surface area contributed by atoms with Gasteiger partial charge in [0, 0.05) is 31.1 Å². The summed E-state index contributed by atoms with van der Waals surface area (Å²) in [6.45, 7) is 2.69. The maximum absolute atomic E-state index is 13.4. The van der Waals surface area contributed by atoms with Crippen LogP contribution in [-0.4, -0.2) is 75.0 Å². The molecule has 0 aromatic heterocycles. The Labute approximate surface area is 196 Å². The van der Waals surface area contributed by atoms with Gasteiger partial charge in [-0.25, -0.2) is 0 Å². The Kier molecular flexibility index (Phi) is 8.68. The van der Waals surface area contributed by atoms with Gasteiger partial charge in [0.1, 0.15) is 18.2 Å². The van der Waals surface area contributed by atoms with Gasteiger partial charge < -0.3 is 31.6 Å². The average molecular weight is 462 g/mol. The number of nitriles is 1. The molecular formula is C23H39N7O3. The first-order chi connectivity index (χ1) is 16.1. The standard InChI is InChI=1S/C23H39N7O3/c24-8-6-15-10-28-22(30-20(15)14-4-2-1-3-5-14)19(21(25)26)23(31)29-17-11-27-9-7-18(17)33-16-12-32-13-16/h10,14-22,27,30H,1-7,9,11-13,25-26H2,(H,29,31). The molecule has 0 radical (unpaired) electrons. The summed E-state index contributed by atoms with van der Waals surface area (Å²) >= 11 is 0. The van der Waals surface area contributed by atoms with Crippen LogP contribution < -0.4 is 27.4 Å². The van der Waals surface area contributed by atoms with E-state index in [1.165, 1.54) is 19.3 Å². The molecule has 1 saturated carbocycles. The Morgan fingerprint density at radius 2 is 2.06 bits per heavy atom. The van der Waals surface area contributed by atoms with Crippen LogP contribution in [0.4, 0.5) is 0 Å². The van der Waals surface area contributed by atoms with Gasteiger partial charge in [0.2, 0.25) is 5.91 Å². The number of hydrogen-bond donors (Lipinski definition) is 5. The topological polar surface area (TPSA) is 160 Å². The SMILES string of the molecule is N#CCC1C=NC(C(C(=O)NC2CNCCC2OC2COC2)C(N)N)NC1C1CCCCC1. The smallest absolute Gasteiger partial charge is 0.229 e. The van der Waals surface area contributed by atoms with Crippen LogP contribution >= 0.6 is 0 Å². The number of nitrogens with two attached hydrogens (primary N) is 2. The van der Waals surface area contributed by atoms with Crippen molar-refractivity contribution in [3.63, 3.8) is 0 Å². The molecule has 33 heavy (non-hydrogen) atoms. The minimum Gasteiger partial charge on any atom is -0.376 e. The number of ether oxygens (including phenoxy) is 2. The van der Waals surface area contributed by atoms with E-state index in [1.54, 1.807) is 0 Å². The number of aliphatic imine (C=N–C) groups is 1. The monoisotopic (exact) mass is 461 g/mol. The number of hydrogen-bond acceptors (Lipinski definition) is 9. The van der Waals surface area contributed by atoms with Crippen LogP contribution in [-0.2, 0) is 14.3 Å². The van der Waals surface area contributed by atoms with E-state index in [1.807, 2.05) is 6.21 Å². The Morgan fingerprint density at radius 3 is 2.73 bits per heavy atom. The van der Waals surface area contributed by atoms with Crippen LogP contribution in [0, 0.1) is 29.1 Å². The van der Waals surface area contributed by atoms with Crippen LogP contribution in [0.2, 0.25) is 0 Å². The van der Waals surface area contributed by atoms with Crippen molar-refractivity contribution < 1.29 is 14.3 Å². The van der Waals surface area contributed by atoms with Gasteiger partial charge in [-0.1, -0.05) is 19.3 Å². The van der Waals surface area contributed by atoms with E-state index in [0.29, 0.717) is 32.1 Å². The van der Waals surface area contributed by atoms with E-state index < -0.39 is 18.2 Å². The number of amides is 1. The Morgan fingerprint density at radius 1 is 1.27 bits per heavy atom. The second kappa shape index (κ2) is 11.7. The number of nitrogens with one attached hydrogen (secondary N) is 3. The Hall–Kier alpha value is -1.61. The highest BCUT2D eigenvalue weighted by Gasteiger charge is 2.41. The number of piperidine rings is 1.